The Bertz CT molecular complexity index is 979. The van der Waals surface area contributed by atoms with E-state index in [0.29, 0.717) is 24.7 Å². The molecule has 0 saturated carbocycles. The monoisotopic (exact) mass is 394 g/mol. The summed E-state index contributed by atoms with van der Waals surface area (Å²) >= 11 is 0. The first-order valence-electron chi connectivity index (χ1n) is 9.91. The topological polar surface area (TPSA) is 81.8 Å². The summed E-state index contributed by atoms with van der Waals surface area (Å²) in [7, 11) is 0. The van der Waals surface area contributed by atoms with Gasteiger partial charge in [-0.25, -0.2) is 0 Å². The Kier molecular flexibility index (Phi) is 5.89. The van der Waals surface area contributed by atoms with Gasteiger partial charge in [0.25, 0.3) is 0 Å². The summed E-state index contributed by atoms with van der Waals surface area (Å²) in [5, 5.41) is 19.5. The first kappa shape index (κ1) is 19.6. The lowest BCUT2D eigenvalue weighted by atomic mass is 10.0. The van der Waals surface area contributed by atoms with E-state index in [2.05, 4.69) is 44.5 Å². The Morgan fingerprint density at radius 2 is 1.83 bits per heavy atom. The van der Waals surface area contributed by atoms with Gasteiger partial charge in [-0.1, -0.05) is 41.6 Å². The van der Waals surface area contributed by atoms with Crippen molar-refractivity contribution in [3.05, 3.63) is 59.9 Å². The predicted octanol–water partition coefficient (Wildman–Crippen LogP) is 2.43. The maximum atomic E-state index is 12.2. The number of nitrogens with zero attached hydrogens (tertiary/aromatic N) is 3. The van der Waals surface area contributed by atoms with Crippen molar-refractivity contribution in [2.45, 2.75) is 13.0 Å². The van der Waals surface area contributed by atoms with Gasteiger partial charge < -0.3 is 14.9 Å². The van der Waals surface area contributed by atoms with Gasteiger partial charge in [-0.3, -0.25) is 14.6 Å². The molecule has 1 amide bonds. The zero-order valence-electron chi connectivity index (χ0n) is 16.5. The average Bonchev–Trinajstić information content (AvgIpc) is 3.13. The van der Waals surface area contributed by atoms with Crippen molar-refractivity contribution >= 4 is 22.5 Å². The number of aryl methyl sites for hydroxylation is 1. The number of fused-ring (bicyclic) bond motifs is 1. The number of hydrogen-bond acceptors (Lipinski definition) is 6. The number of anilines is 1. The van der Waals surface area contributed by atoms with Crippen molar-refractivity contribution in [3.8, 4) is 0 Å². The lowest BCUT2D eigenvalue weighted by molar-refractivity contribution is -0.117. The molecule has 2 N–H and O–H groups in total. The van der Waals surface area contributed by atoms with Gasteiger partial charge in [-0.2, -0.15) is 0 Å². The molecule has 1 atom stereocenters. The highest BCUT2D eigenvalue weighted by molar-refractivity contribution is 5.91. The molecule has 0 spiro atoms. The Morgan fingerprint density at radius 3 is 2.55 bits per heavy atom. The molecule has 29 heavy (non-hydrogen) atoms. The van der Waals surface area contributed by atoms with E-state index in [0.717, 1.165) is 37.1 Å². The maximum absolute atomic E-state index is 12.2. The number of benzene rings is 2. The second-order valence-electron chi connectivity index (χ2n) is 7.57. The number of carbonyl (C=O) groups is 1. The van der Waals surface area contributed by atoms with E-state index in [-0.39, 0.29) is 5.91 Å². The van der Waals surface area contributed by atoms with Gasteiger partial charge in [0.1, 0.15) is 5.76 Å². The van der Waals surface area contributed by atoms with E-state index in [9.17, 15) is 9.90 Å². The number of nitrogens with one attached hydrogen (secondary N) is 1. The van der Waals surface area contributed by atoms with Crippen LogP contribution in [0.2, 0.25) is 0 Å². The van der Waals surface area contributed by atoms with Crippen molar-refractivity contribution in [2.75, 3.05) is 44.6 Å². The smallest absolute Gasteiger partial charge is 0.239 e. The molecular formula is C22H26N4O3. The minimum Gasteiger partial charge on any atom is -0.387 e. The van der Waals surface area contributed by atoms with Crippen LogP contribution in [-0.2, 0) is 4.79 Å². The highest BCUT2D eigenvalue weighted by Crippen LogP contribution is 2.21. The Morgan fingerprint density at radius 1 is 1.10 bits per heavy atom. The summed E-state index contributed by atoms with van der Waals surface area (Å²) in [6, 6.07) is 16.0. The minimum atomic E-state index is -0.523. The molecule has 0 bridgehead atoms. The first-order chi connectivity index (χ1) is 14.1. The molecule has 7 nitrogen and oxygen atoms in total. The Balaban J connectivity index is 1.25. The third-order valence-electron chi connectivity index (χ3n) is 5.32. The van der Waals surface area contributed by atoms with Crippen LogP contribution in [0.4, 0.5) is 5.82 Å². The lowest BCUT2D eigenvalue weighted by Crippen LogP contribution is -2.49. The van der Waals surface area contributed by atoms with Gasteiger partial charge in [0.2, 0.25) is 5.91 Å². The van der Waals surface area contributed by atoms with Gasteiger partial charge in [0.15, 0.2) is 5.82 Å². The highest BCUT2D eigenvalue weighted by atomic mass is 16.5. The number of rotatable bonds is 6. The van der Waals surface area contributed by atoms with Gasteiger partial charge >= 0.3 is 0 Å². The summed E-state index contributed by atoms with van der Waals surface area (Å²) in [6.45, 7) is 5.92. The van der Waals surface area contributed by atoms with E-state index in [4.69, 9.17) is 4.52 Å². The van der Waals surface area contributed by atoms with Crippen LogP contribution in [-0.4, -0.2) is 65.2 Å². The van der Waals surface area contributed by atoms with Gasteiger partial charge in [-0.15, -0.1) is 0 Å². The van der Waals surface area contributed by atoms with Crippen LogP contribution < -0.4 is 5.32 Å². The highest BCUT2D eigenvalue weighted by Gasteiger charge is 2.21. The molecule has 1 unspecified atom stereocenters. The van der Waals surface area contributed by atoms with E-state index >= 15 is 0 Å². The zero-order chi connectivity index (χ0) is 20.2. The van der Waals surface area contributed by atoms with E-state index in [1.807, 2.05) is 18.2 Å². The molecule has 1 fully saturated rings. The number of hydrogen-bond donors (Lipinski definition) is 2. The number of aliphatic hydroxyl groups excluding tert-OH is 1. The molecule has 1 aliphatic rings. The van der Waals surface area contributed by atoms with Crippen LogP contribution in [0.25, 0.3) is 10.8 Å². The summed E-state index contributed by atoms with van der Waals surface area (Å²) in [6.07, 6.45) is -0.523. The number of amides is 1. The van der Waals surface area contributed by atoms with E-state index in [1.54, 1.807) is 13.0 Å². The molecule has 0 aliphatic carbocycles. The van der Waals surface area contributed by atoms with Crippen molar-refractivity contribution < 1.29 is 14.4 Å². The molecule has 3 aromatic rings. The summed E-state index contributed by atoms with van der Waals surface area (Å²) < 4.78 is 4.96. The number of aliphatic hydroxyl groups is 1. The summed E-state index contributed by atoms with van der Waals surface area (Å²) in [4.78, 5) is 16.5. The standard InChI is InChI=1S/C22H26N4O3/c1-16-12-21(24-29-16)23-22(28)15-26-10-8-25(9-11-26)14-20(27)19-7-6-17-4-2-3-5-18(17)13-19/h2-7,12-13,20,27H,8-11,14-15H2,1H3,(H,23,24,28). The third kappa shape index (κ3) is 5.00. The fraction of sp³-hybridized carbons (Fsp3) is 0.364. The van der Waals surface area contributed by atoms with Crippen molar-refractivity contribution in [3.63, 3.8) is 0 Å². The van der Waals surface area contributed by atoms with Crippen LogP contribution in [0.3, 0.4) is 0 Å². The maximum Gasteiger partial charge on any atom is 0.239 e. The van der Waals surface area contributed by atoms with Crippen molar-refractivity contribution in [1.82, 2.24) is 15.0 Å². The molecule has 7 heteroatoms. The molecule has 0 radical (unpaired) electrons. The molecule has 2 heterocycles. The molecule has 1 saturated heterocycles. The second-order valence-corrected chi connectivity index (χ2v) is 7.57. The van der Waals surface area contributed by atoms with Gasteiger partial charge in [-0.05, 0) is 29.3 Å². The summed E-state index contributed by atoms with van der Waals surface area (Å²) in [5.74, 6) is 1.02. The number of aromatic nitrogens is 1. The minimum absolute atomic E-state index is 0.0945. The van der Waals surface area contributed by atoms with E-state index in [1.165, 1.54) is 5.39 Å². The number of piperazine rings is 1. The Hall–Kier alpha value is -2.74. The SMILES string of the molecule is Cc1cc(NC(=O)CN2CCN(CC(O)c3ccc4ccccc4c3)CC2)no1. The fourth-order valence-corrected chi connectivity index (χ4v) is 3.71. The lowest BCUT2D eigenvalue weighted by Gasteiger charge is -2.35. The molecular weight excluding hydrogens is 368 g/mol. The van der Waals surface area contributed by atoms with E-state index < -0.39 is 6.10 Å². The van der Waals surface area contributed by atoms with Crippen molar-refractivity contribution in [2.24, 2.45) is 0 Å². The van der Waals surface area contributed by atoms with Crippen LogP contribution in [0.5, 0.6) is 0 Å². The molecule has 4 rings (SSSR count). The second kappa shape index (κ2) is 8.73. The summed E-state index contributed by atoms with van der Waals surface area (Å²) in [5.41, 5.74) is 0.938. The fourth-order valence-electron chi connectivity index (χ4n) is 3.71. The third-order valence-corrected chi connectivity index (χ3v) is 5.32. The van der Waals surface area contributed by atoms with Crippen molar-refractivity contribution in [1.29, 1.82) is 0 Å². The normalized spacial score (nSPS) is 16.8. The molecule has 152 valence electrons. The number of β-amino-alcohol motifs (C(OH)–C–C–N with tert-alkyl or cyclic N) is 1. The van der Waals surface area contributed by atoms with Crippen LogP contribution in [0.15, 0.2) is 53.1 Å². The average molecular weight is 394 g/mol. The zero-order valence-corrected chi connectivity index (χ0v) is 16.5. The largest absolute Gasteiger partial charge is 0.387 e. The number of carbonyl (C=O) groups excluding carboxylic acids is 1. The molecule has 2 aromatic carbocycles. The van der Waals surface area contributed by atoms with Crippen LogP contribution in [0, 0.1) is 6.92 Å². The van der Waals surface area contributed by atoms with Crippen LogP contribution in [0.1, 0.15) is 17.4 Å². The van der Waals surface area contributed by atoms with Gasteiger partial charge in [0, 0.05) is 38.8 Å². The quantitative estimate of drug-likeness (QED) is 0.668. The Labute approximate surface area is 169 Å². The first-order valence-corrected chi connectivity index (χ1v) is 9.91. The van der Waals surface area contributed by atoms with Crippen LogP contribution >= 0.6 is 0 Å². The van der Waals surface area contributed by atoms with Gasteiger partial charge in [0.05, 0.1) is 12.6 Å². The molecule has 1 aliphatic heterocycles. The molecule has 1 aromatic heterocycles. The predicted molar refractivity (Wildman–Crippen MR) is 112 cm³/mol.